The summed E-state index contributed by atoms with van der Waals surface area (Å²) in [5, 5.41) is 11.2. The quantitative estimate of drug-likeness (QED) is 0.524. The molecule has 2 aliphatic carbocycles. The number of benzene rings is 1. The highest BCUT2D eigenvalue weighted by molar-refractivity contribution is 5.83. The maximum Gasteiger partial charge on any atom is 0.417 e. The van der Waals surface area contributed by atoms with Gasteiger partial charge in [-0.25, -0.2) is 0 Å². The van der Waals surface area contributed by atoms with Crippen molar-refractivity contribution in [2.24, 2.45) is 5.41 Å². The number of carbonyl (C=O) groups is 1. The van der Waals surface area contributed by atoms with Crippen LogP contribution in [0, 0.1) is 5.41 Å². The van der Waals surface area contributed by atoms with Gasteiger partial charge in [0.1, 0.15) is 6.29 Å². The van der Waals surface area contributed by atoms with E-state index < -0.39 is 17.8 Å². The van der Waals surface area contributed by atoms with Gasteiger partial charge in [-0.15, -0.1) is 0 Å². The molecule has 7 heteroatoms. The molecular formula is C26H30F3NO3. The highest BCUT2D eigenvalue weighted by Crippen LogP contribution is 2.51. The molecule has 1 atom stereocenters. The Bertz CT molecular complexity index is 1060. The minimum atomic E-state index is -4.61. The number of rotatable bonds is 5. The van der Waals surface area contributed by atoms with Crippen LogP contribution in [0.2, 0.25) is 0 Å². The summed E-state index contributed by atoms with van der Waals surface area (Å²) in [5.41, 5.74) is 2.11. The van der Waals surface area contributed by atoms with E-state index in [1.54, 1.807) is 0 Å². The SMILES string of the molecule is COCc1nc2c(c(C3CCCC3)c1-c1cc(C=O)ccc1C(F)(F)F)[C@@H](O)CC(C)(C)C2. The summed E-state index contributed by atoms with van der Waals surface area (Å²) in [4.78, 5) is 16.3. The molecule has 0 radical (unpaired) electrons. The maximum absolute atomic E-state index is 14.1. The lowest BCUT2D eigenvalue weighted by atomic mass is 9.70. The molecule has 1 heterocycles. The van der Waals surface area contributed by atoms with E-state index in [1.165, 1.54) is 19.2 Å². The van der Waals surface area contributed by atoms with Crippen LogP contribution in [0.4, 0.5) is 13.2 Å². The van der Waals surface area contributed by atoms with Crippen molar-refractivity contribution in [2.75, 3.05) is 7.11 Å². The van der Waals surface area contributed by atoms with Gasteiger partial charge in [0, 0.05) is 29.5 Å². The van der Waals surface area contributed by atoms with Crippen molar-refractivity contribution in [3.05, 3.63) is 51.8 Å². The first-order valence-corrected chi connectivity index (χ1v) is 11.4. The first-order valence-electron chi connectivity index (χ1n) is 11.4. The summed E-state index contributed by atoms with van der Waals surface area (Å²) in [6.45, 7) is 4.17. The summed E-state index contributed by atoms with van der Waals surface area (Å²) >= 11 is 0. The van der Waals surface area contributed by atoms with Crippen molar-refractivity contribution in [1.29, 1.82) is 0 Å². The van der Waals surface area contributed by atoms with Gasteiger partial charge in [0.2, 0.25) is 0 Å². The fourth-order valence-electron chi connectivity index (χ4n) is 5.65. The van der Waals surface area contributed by atoms with Crippen molar-refractivity contribution < 1.29 is 27.8 Å². The van der Waals surface area contributed by atoms with E-state index in [2.05, 4.69) is 13.8 Å². The number of alkyl halides is 3. The molecule has 2 aromatic rings. The van der Waals surface area contributed by atoms with Gasteiger partial charge in [-0.1, -0.05) is 32.8 Å². The molecule has 0 unspecified atom stereocenters. The lowest BCUT2D eigenvalue weighted by Gasteiger charge is -2.37. The number of aliphatic hydroxyl groups excluding tert-OH is 1. The van der Waals surface area contributed by atoms with Gasteiger partial charge in [-0.05, 0) is 60.3 Å². The summed E-state index contributed by atoms with van der Waals surface area (Å²) in [6, 6.07) is 3.46. The standard InChI is InChI=1S/C26H30F3NO3/c1-25(2)11-19-24(21(32)12-25)22(16-6-4-5-7-16)23(20(30-19)14-33-3)17-10-15(13-31)8-9-18(17)26(27,28)29/h8-10,13,16,21,32H,4-7,11-12,14H2,1-3H3/t21-/m0/s1. The fraction of sp³-hybridized carbons (Fsp3) is 0.538. The Morgan fingerprint density at radius 1 is 1.21 bits per heavy atom. The van der Waals surface area contributed by atoms with Crippen LogP contribution in [0.1, 0.15) is 96.4 Å². The molecule has 2 aliphatic rings. The van der Waals surface area contributed by atoms with Gasteiger partial charge in [-0.3, -0.25) is 9.78 Å². The number of aromatic nitrogens is 1. The third-order valence-corrected chi connectivity index (χ3v) is 6.95. The number of fused-ring (bicyclic) bond motifs is 1. The summed E-state index contributed by atoms with van der Waals surface area (Å²) in [5.74, 6) is 0.0317. The van der Waals surface area contributed by atoms with Crippen molar-refractivity contribution in [3.63, 3.8) is 0 Å². The van der Waals surface area contributed by atoms with Crippen LogP contribution in [0.3, 0.4) is 0 Å². The second-order valence-corrected chi connectivity index (χ2v) is 10.1. The van der Waals surface area contributed by atoms with Gasteiger partial charge in [0.05, 0.1) is 24.0 Å². The van der Waals surface area contributed by atoms with Gasteiger partial charge in [0.25, 0.3) is 0 Å². The van der Waals surface area contributed by atoms with Crippen LogP contribution >= 0.6 is 0 Å². The highest BCUT2D eigenvalue weighted by atomic mass is 19.4. The van der Waals surface area contributed by atoms with E-state index in [0.717, 1.165) is 43.0 Å². The number of ether oxygens (including phenoxy) is 1. The second kappa shape index (κ2) is 8.84. The number of carbonyl (C=O) groups excluding carboxylic acids is 1. The minimum absolute atomic E-state index is 0.0317. The van der Waals surface area contributed by atoms with E-state index in [1.807, 2.05) is 0 Å². The zero-order valence-electron chi connectivity index (χ0n) is 19.3. The van der Waals surface area contributed by atoms with Gasteiger partial charge in [0.15, 0.2) is 0 Å². The second-order valence-electron chi connectivity index (χ2n) is 10.1. The third kappa shape index (κ3) is 4.58. The van der Waals surface area contributed by atoms with Crippen LogP contribution in [-0.4, -0.2) is 23.5 Å². The van der Waals surface area contributed by atoms with Crippen molar-refractivity contribution in [3.8, 4) is 11.1 Å². The minimum Gasteiger partial charge on any atom is -0.388 e. The van der Waals surface area contributed by atoms with Gasteiger partial charge in [-0.2, -0.15) is 13.2 Å². The molecule has 1 saturated carbocycles. The largest absolute Gasteiger partial charge is 0.417 e. The van der Waals surface area contributed by atoms with E-state index >= 15 is 0 Å². The van der Waals surface area contributed by atoms with E-state index in [0.29, 0.717) is 35.9 Å². The normalized spacial score (nSPS) is 20.6. The fourth-order valence-corrected chi connectivity index (χ4v) is 5.65. The molecular weight excluding hydrogens is 431 g/mol. The average molecular weight is 462 g/mol. The van der Waals surface area contributed by atoms with Crippen LogP contribution in [0.5, 0.6) is 0 Å². The average Bonchev–Trinajstić information content (AvgIpc) is 3.25. The topological polar surface area (TPSA) is 59.4 Å². The lowest BCUT2D eigenvalue weighted by Crippen LogP contribution is -2.29. The third-order valence-electron chi connectivity index (χ3n) is 6.95. The first kappa shape index (κ1) is 23.9. The molecule has 1 fully saturated rings. The Kier molecular flexibility index (Phi) is 6.40. The Morgan fingerprint density at radius 3 is 2.52 bits per heavy atom. The summed E-state index contributed by atoms with van der Waals surface area (Å²) in [6.07, 6.45) is -0.0249. The molecule has 0 spiro atoms. The highest BCUT2D eigenvalue weighted by Gasteiger charge is 2.40. The molecule has 178 valence electrons. The van der Waals surface area contributed by atoms with Crippen LogP contribution < -0.4 is 0 Å². The molecule has 33 heavy (non-hydrogen) atoms. The lowest BCUT2D eigenvalue weighted by molar-refractivity contribution is -0.137. The van der Waals surface area contributed by atoms with Crippen LogP contribution in [-0.2, 0) is 23.9 Å². The monoisotopic (exact) mass is 461 g/mol. The zero-order chi connectivity index (χ0) is 24.0. The predicted octanol–water partition coefficient (Wildman–Crippen LogP) is 6.39. The Hall–Kier alpha value is -2.25. The van der Waals surface area contributed by atoms with Crippen molar-refractivity contribution in [2.45, 2.75) is 77.2 Å². The molecule has 1 aromatic heterocycles. The van der Waals surface area contributed by atoms with Crippen molar-refractivity contribution >= 4 is 6.29 Å². The number of aliphatic hydroxyl groups is 1. The number of hydrogen-bond acceptors (Lipinski definition) is 4. The summed E-state index contributed by atoms with van der Waals surface area (Å²) < 4.78 is 47.8. The first-order chi connectivity index (χ1) is 15.6. The number of aldehydes is 1. The number of hydrogen-bond donors (Lipinski definition) is 1. The molecule has 4 nitrogen and oxygen atoms in total. The van der Waals surface area contributed by atoms with Crippen LogP contribution in [0.15, 0.2) is 18.2 Å². The Balaban J connectivity index is 2.11. The molecule has 1 aromatic carbocycles. The smallest absolute Gasteiger partial charge is 0.388 e. The van der Waals surface area contributed by atoms with Gasteiger partial charge < -0.3 is 9.84 Å². The molecule has 4 rings (SSSR count). The maximum atomic E-state index is 14.1. The number of nitrogens with zero attached hydrogens (tertiary/aromatic N) is 1. The van der Waals surface area contributed by atoms with E-state index in [-0.39, 0.29) is 29.1 Å². The molecule has 0 bridgehead atoms. The van der Waals surface area contributed by atoms with Gasteiger partial charge >= 0.3 is 6.18 Å². The number of methoxy groups -OCH3 is 1. The Labute approximate surface area is 192 Å². The van der Waals surface area contributed by atoms with Crippen molar-refractivity contribution in [1.82, 2.24) is 4.98 Å². The zero-order valence-corrected chi connectivity index (χ0v) is 19.3. The number of pyridine rings is 1. The molecule has 0 saturated heterocycles. The molecule has 1 N–H and O–H groups in total. The molecule has 0 amide bonds. The number of halogens is 3. The molecule has 0 aliphatic heterocycles. The van der Waals surface area contributed by atoms with Crippen LogP contribution in [0.25, 0.3) is 11.1 Å². The Morgan fingerprint density at radius 2 is 1.91 bits per heavy atom. The van der Waals surface area contributed by atoms with E-state index in [4.69, 9.17) is 9.72 Å². The predicted molar refractivity (Wildman–Crippen MR) is 119 cm³/mol. The summed E-state index contributed by atoms with van der Waals surface area (Å²) in [7, 11) is 1.49. The van der Waals surface area contributed by atoms with E-state index in [9.17, 15) is 23.1 Å².